The number of primary sulfonamides is 1. The largest absolute Gasteiger partial charge is 0.459 e. The molecular weight excluding hydrogens is 324 g/mol. The van der Waals surface area contributed by atoms with Crippen LogP contribution in [0.1, 0.15) is 30.6 Å². The molecule has 1 unspecified atom stereocenters. The predicted octanol–water partition coefficient (Wildman–Crippen LogP) is 1.85. The normalized spacial score (nSPS) is 12.8. The molecule has 0 aliphatic carbocycles. The van der Waals surface area contributed by atoms with E-state index in [1.165, 1.54) is 0 Å². The van der Waals surface area contributed by atoms with Crippen molar-refractivity contribution in [1.82, 2.24) is 0 Å². The summed E-state index contributed by atoms with van der Waals surface area (Å²) in [5.74, 6) is -0.894. The minimum atomic E-state index is -4.32. The first-order chi connectivity index (χ1) is 9.57. The summed E-state index contributed by atoms with van der Waals surface area (Å²) in [6, 6.07) is 1.71. The van der Waals surface area contributed by atoms with Crippen LogP contribution in [0.2, 0.25) is 5.02 Å². The Morgan fingerprint density at radius 1 is 1.52 bits per heavy atom. The maximum Gasteiger partial charge on any atom is 0.338 e. The van der Waals surface area contributed by atoms with Gasteiger partial charge in [0.25, 0.3) is 5.69 Å². The van der Waals surface area contributed by atoms with E-state index < -0.39 is 42.6 Å². The molecule has 0 saturated heterocycles. The van der Waals surface area contributed by atoms with Gasteiger partial charge in [0, 0.05) is 6.07 Å². The lowest BCUT2D eigenvalue weighted by Gasteiger charge is -2.11. The Bertz CT molecular complexity index is 688. The Morgan fingerprint density at radius 3 is 2.52 bits per heavy atom. The van der Waals surface area contributed by atoms with E-state index in [1.807, 2.05) is 0 Å². The SMILES string of the molecule is CCC(C)OC(=O)c1cc([N+](=O)[O-])c(Cl)c(S(N)(=O)=O)c1. The van der Waals surface area contributed by atoms with Crippen LogP contribution in [0.5, 0.6) is 0 Å². The van der Waals surface area contributed by atoms with Crippen LogP contribution >= 0.6 is 11.6 Å². The number of nitro groups is 1. The third kappa shape index (κ3) is 4.13. The molecule has 0 radical (unpaired) electrons. The van der Waals surface area contributed by atoms with Crippen molar-refractivity contribution in [2.75, 3.05) is 0 Å². The predicted molar refractivity (Wildman–Crippen MR) is 74.6 cm³/mol. The van der Waals surface area contributed by atoms with E-state index in [2.05, 4.69) is 0 Å². The molecule has 2 N–H and O–H groups in total. The molecule has 10 heteroatoms. The molecule has 0 aromatic heterocycles. The second-order valence-electron chi connectivity index (χ2n) is 4.23. The fourth-order valence-electron chi connectivity index (χ4n) is 1.37. The number of nitrogens with zero attached hydrogens (tertiary/aromatic N) is 1. The summed E-state index contributed by atoms with van der Waals surface area (Å²) in [7, 11) is -4.32. The Hall–Kier alpha value is -1.71. The fraction of sp³-hybridized carbons (Fsp3) is 0.364. The van der Waals surface area contributed by atoms with Crippen molar-refractivity contribution < 1.29 is 22.9 Å². The van der Waals surface area contributed by atoms with Gasteiger partial charge in [-0.2, -0.15) is 0 Å². The van der Waals surface area contributed by atoms with Crippen LogP contribution < -0.4 is 5.14 Å². The van der Waals surface area contributed by atoms with Crippen LogP contribution in [-0.4, -0.2) is 25.4 Å². The van der Waals surface area contributed by atoms with Gasteiger partial charge in [0.1, 0.15) is 9.92 Å². The van der Waals surface area contributed by atoms with Crippen LogP contribution in [-0.2, 0) is 14.8 Å². The summed E-state index contributed by atoms with van der Waals surface area (Å²) in [4.78, 5) is 21.1. The average molecular weight is 337 g/mol. The zero-order valence-corrected chi connectivity index (χ0v) is 12.8. The highest BCUT2D eigenvalue weighted by atomic mass is 35.5. The highest BCUT2D eigenvalue weighted by molar-refractivity contribution is 7.89. The zero-order chi connectivity index (χ0) is 16.4. The molecule has 21 heavy (non-hydrogen) atoms. The van der Waals surface area contributed by atoms with Crippen LogP contribution in [0.4, 0.5) is 5.69 Å². The van der Waals surface area contributed by atoms with Crippen molar-refractivity contribution in [1.29, 1.82) is 0 Å². The van der Waals surface area contributed by atoms with Crippen molar-refractivity contribution in [2.24, 2.45) is 5.14 Å². The van der Waals surface area contributed by atoms with E-state index in [9.17, 15) is 23.3 Å². The van der Waals surface area contributed by atoms with Gasteiger partial charge in [-0.25, -0.2) is 18.4 Å². The molecule has 0 aliphatic heterocycles. The lowest BCUT2D eigenvalue weighted by atomic mass is 10.2. The first-order valence-corrected chi connectivity index (χ1v) is 7.72. The van der Waals surface area contributed by atoms with E-state index in [0.717, 1.165) is 12.1 Å². The van der Waals surface area contributed by atoms with Gasteiger partial charge in [0.2, 0.25) is 10.0 Å². The lowest BCUT2D eigenvalue weighted by Crippen LogP contribution is -2.17. The van der Waals surface area contributed by atoms with Gasteiger partial charge in [-0.1, -0.05) is 18.5 Å². The number of hydrogen-bond donors (Lipinski definition) is 1. The highest BCUT2D eigenvalue weighted by Crippen LogP contribution is 2.32. The second kappa shape index (κ2) is 6.37. The number of benzene rings is 1. The first kappa shape index (κ1) is 17.3. The summed E-state index contributed by atoms with van der Waals surface area (Å²) in [5.41, 5.74) is -1.05. The van der Waals surface area contributed by atoms with Gasteiger partial charge >= 0.3 is 5.97 Å². The minimum Gasteiger partial charge on any atom is -0.459 e. The van der Waals surface area contributed by atoms with Crippen LogP contribution in [0, 0.1) is 10.1 Å². The van der Waals surface area contributed by atoms with Crippen LogP contribution in [0.25, 0.3) is 0 Å². The number of carbonyl (C=O) groups excluding carboxylic acids is 1. The average Bonchev–Trinajstić information content (AvgIpc) is 2.36. The Labute approximate surface area is 126 Å². The molecule has 1 rings (SSSR count). The Balaban J connectivity index is 3.45. The van der Waals surface area contributed by atoms with E-state index in [0.29, 0.717) is 6.42 Å². The van der Waals surface area contributed by atoms with Gasteiger partial charge in [0.05, 0.1) is 16.6 Å². The number of carbonyl (C=O) groups is 1. The summed E-state index contributed by atoms with van der Waals surface area (Å²) in [5, 5.41) is 15.2. The maximum absolute atomic E-state index is 11.9. The molecule has 0 spiro atoms. The molecule has 116 valence electrons. The molecule has 0 aliphatic rings. The molecule has 0 bridgehead atoms. The van der Waals surface area contributed by atoms with Crippen molar-refractivity contribution in [3.63, 3.8) is 0 Å². The van der Waals surface area contributed by atoms with Gasteiger partial charge in [-0.05, 0) is 19.4 Å². The van der Waals surface area contributed by atoms with Gasteiger partial charge in [-0.3, -0.25) is 10.1 Å². The standard InChI is InChI=1S/C11H13ClN2O6S/c1-3-6(2)20-11(15)7-4-8(14(16)17)10(12)9(5-7)21(13,18)19/h4-6H,3H2,1-2H3,(H2,13,18,19). The molecule has 1 aromatic carbocycles. The highest BCUT2D eigenvalue weighted by Gasteiger charge is 2.26. The van der Waals surface area contributed by atoms with Gasteiger partial charge in [0.15, 0.2) is 0 Å². The number of hydrogen-bond acceptors (Lipinski definition) is 6. The molecule has 1 aromatic rings. The summed E-state index contributed by atoms with van der Waals surface area (Å²) >= 11 is 5.65. The Kier molecular flexibility index (Phi) is 5.26. The van der Waals surface area contributed by atoms with E-state index in [4.69, 9.17) is 21.5 Å². The number of rotatable bonds is 5. The number of ether oxygens (including phenoxy) is 1. The molecule has 0 saturated carbocycles. The summed E-state index contributed by atoms with van der Waals surface area (Å²) < 4.78 is 27.8. The topological polar surface area (TPSA) is 130 Å². The third-order valence-corrected chi connectivity index (χ3v) is 4.09. The summed E-state index contributed by atoms with van der Waals surface area (Å²) in [6.07, 6.45) is 0.105. The first-order valence-electron chi connectivity index (χ1n) is 5.79. The summed E-state index contributed by atoms with van der Waals surface area (Å²) in [6.45, 7) is 3.40. The minimum absolute atomic E-state index is 0.310. The van der Waals surface area contributed by atoms with Gasteiger partial charge in [-0.15, -0.1) is 0 Å². The third-order valence-electron chi connectivity index (χ3n) is 2.64. The lowest BCUT2D eigenvalue weighted by molar-refractivity contribution is -0.384. The fourth-order valence-corrected chi connectivity index (χ4v) is 2.52. The van der Waals surface area contributed by atoms with Crippen molar-refractivity contribution >= 4 is 33.3 Å². The van der Waals surface area contributed by atoms with Crippen molar-refractivity contribution in [2.45, 2.75) is 31.3 Å². The Morgan fingerprint density at radius 2 is 2.10 bits per heavy atom. The van der Waals surface area contributed by atoms with E-state index in [-0.39, 0.29) is 5.56 Å². The molecule has 8 nitrogen and oxygen atoms in total. The second-order valence-corrected chi connectivity index (χ2v) is 6.14. The number of nitro benzene ring substituents is 1. The number of nitrogens with two attached hydrogens (primary N) is 1. The van der Waals surface area contributed by atoms with E-state index in [1.54, 1.807) is 13.8 Å². The smallest absolute Gasteiger partial charge is 0.338 e. The van der Waals surface area contributed by atoms with E-state index >= 15 is 0 Å². The maximum atomic E-state index is 11.9. The van der Waals surface area contributed by atoms with Crippen LogP contribution in [0.15, 0.2) is 17.0 Å². The van der Waals surface area contributed by atoms with Crippen molar-refractivity contribution in [3.8, 4) is 0 Å². The molecule has 1 atom stereocenters. The van der Waals surface area contributed by atoms with Gasteiger partial charge < -0.3 is 4.74 Å². The number of halogens is 1. The van der Waals surface area contributed by atoms with Crippen molar-refractivity contribution in [3.05, 3.63) is 32.8 Å². The van der Waals surface area contributed by atoms with Crippen LogP contribution in [0.3, 0.4) is 0 Å². The molecular formula is C11H13ClN2O6S. The monoisotopic (exact) mass is 336 g/mol. The number of sulfonamides is 1. The molecule has 0 fully saturated rings. The zero-order valence-electron chi connectivity index (χ0n) is 11.2. The molecule has 0 heterocycles. The molecule has 0 amide bonds. The quantitative estimate of drug-likeness (QED) is 0.496. The number of esters is 1.